The number of fused-ring (bicyclic) bond motifs is 3. The van der Waals surface area contributed by atoms with Crippen molar-refractivity contribution >= 4 is 29.0 Å². The lowest BCUT2D eigenvalue weighted by Gasteiger charge is -2.31. The minimum absolute atomic E-state index is 0.110. The fraction of sp³-hybridized carbons (Fsp3) is 0.360. The van der Waals surface area contributed by atoms with Crippen molar-refractivity contribution in [2.24, 2.45) is 0 Å². The van der Waals surface area contributed by atoms with E-state index in [-0.39, 0.29) is 11.5 Å². The van der Waals surface area contributed by atoms with E-state index in [2.05, 4.69) is 11.9 Å². The molecule has 8 heteroatoms. The molecule has 0 spiro atoms. The van der Waals surface area contributed by atoms with E-state index >= 15 is 0 Å². The molecule has 4 rings (SSSR count). The Morgan fingerprint density at radius 3 is 2.55 bits per heavy atom. The minimum Gasteiger partial charge on any atom is -0.378 e. The molecule has 33 heavy (non-hydrogen) atoms. The number of H-pyrrole nitrogens is 1. The highest BCUT2D eigenvalue weighted by molar-refractivity contribution is 7.99. The number of nitrogens with one attached hydrogen (secondary N) is 1. The number of nitrogens with zero attached hydrogens (tertiary/aromatic N) is 4. The summed E-state index contributed by atoms with van der Waals surface area (Å²) in [5.41, 5.74) is 3.61. The highest BCUT2D eigenvalue weighted by Crippen LogP contribution is 2.37. The number of carbonyl (C=O) groups is 1. The molecule has 0 radical (unpaired) electrons. The largest absolute Gasteiger partial charge is 0.378 e. The summed E-state index contributed by atoms with van der Waals surface area (Å²) in [6.45, 7) is 3.72. The third kappa shape index (κ3) is 4.53. The average molecular weight is 465 g/mol. The maximum Gasteiger partial charge on any atom is 0.325 e. The standard InChI is InChI=1S/C25H29N5O2S/c1-5-6-9-16-33-25-26-23(32)22-20-10-7-8-11-21(20)29(17(2)31)24(30(22)27-25)18-12-14-19(15-13-18)28(3)4/h7-8,10-15,24H,5-6,9,16H2,1-4H3/p+1/t24-/m0/s1. The number of aromatic nitrogens is 3. The van der Waals surface area contributed by atoms with E-state index < -0.39 is 6.17 Å². The van der Waals surface area contributed by atoms with Crippen molar-refractivity contribution < 1.29 is 9.48 Å². The lowest BCUT2D eigenvalue weighted by molar-refractivity contribution is -0.763. The Hall–Kier alpha value is -3.13. The summed E-state index contributed by atoms with van der Waals surface area (Å²) in [6.07, 6.45) is 2.78. The first-order chi connectivity index (χ1) is 15.9. The second-order valence-corrected chi connectivity index (χ2v) is 9.46. The number of amides is 1. The lowest BCUT2D eigenvalue weighted by Crippen LogP contribution is -2.60. The molecule has 172 valence electrons. The van der Waals surface area contributed by atoms with Gasteiger partial charge in [0.15, 0.2) is 0 Å². The van der Waals surface area contributed by atoms with Gasteiger partial charge in [-0.3, -0.25) is 14.6 Å². The van der Waals surface area contributed by atoms with Gasteiger partial charge in [0.2, 0.25) is 11.1 Å². The van der Waals surface area contributed by atoms with Crippen LogP contribution in [0.25, 0.3) is 11.3 Å². The van der Waals surface area contributed by atoms with Gasteiger partial charge >= 0.3 is 11.3 Å². The van der Waals surface area contributed by atoms with Gasteiger partial charge in [-0.25, -0.2) is 4.90 Å². The summed E-state index contributed by atoms with van der Waals surface area (Å²) in [5.74, 6) is 0.771. The van der Waals surface area contributed by atoms with E-state index in [1.54, 1.807) is 28.3 Å². The molecule has 0 aliphatic carbocycles. The SMILES string of the molecule is CCCCCSc1n[n+]2c(c(=O)[nH]1)-c1ccccc1N(C(C)=O)[C@@H]2c1ccc(N(C)C)cc1. The fourth-order valence-electron chi connectivity index (χ4n) is 4.14. The Balaban J connectivity index is 1.89. The first-order valence-electron chi connectivity index (χ1n) is 11.3. The van der Waals surface area contributed by atoms with E-state index in [4.69, 9.17) is 5.10 Å². The Bertz CT molecular complexity index is 1210. The summed E-state index contributed by atoms with van der Waals surface area (Å²) < 4.78 is 1.72. The van der Waals surface area contributed by atoms with Crippen molar-refractivity contribution in [2.45, 2.75) is 44.4 Å². The summed E-state index contributed by atoms with van der Waals surface area (Å²) >= 11 is 1.54. The topological polar surface area (TPSA) is 73.2 Å². The lowest BCUT2D eigenvalue weighted by atomic mass is 10.0. The van der Waals surface area contributed by atoms with E-state index in [1.165, 1.54) is 0 Å². The molecule has 1 N–H and O–H groups in total. The third-order valence-electron chi connectivity index (χ3n) is 5.79. The van der Waals surface area contributed by atoms with Gasteiger partial charge in [-0.05, 0) is 47.5 Å². The first-order valence-corrected chi connectivity index (χ1v) is 12.3. The molecule has 1 atom stereocenters. The van der Waals surface area contributed by atoms with Crippen LogP contribution >= 0.6 is 11.8 Å². The molecule has 0 fully saturated rings. The zero-order valence-electron chi connectivity index (χ0n) is 19.5. The maximum atomic E-state index is 13.3. The normalized spacial score (nSPS) is 14.5. The van der Waals surface area contributed by atoms with Gasteiger partial charge in [0.25, 0.3) is 6.17 Å². The van der Waals surface area contributed by atoms with Gasteiger partial charge in [0.05, 0.1) is 11.3 Å². The molecule has 1 aliphatic rings. The fourth-order valence-corrected chi connectivity index (χ4v) is 5.00. The first kappa shape index (κ1) is 23.0. The second kappa shape index (κ2) is 9.79. The average Bonchev–Trinajstić information content (AvgIpc) is 2.80. The molecule has 1 aliphatic heterocycles. The summed E-state index contributed by atoms with van der Waals surface area (Å²) in [4.78, 5) is 32.9. The molecule has 1 amide bonds. The van der Waals surface area contributed by atoms with Crippen molar-refractivity contribution in [3.63, 3.8) is 0 Å². The van der Waals surface area contributed by atoms with E-state index in [1.807, 2.05) is 67.5 Å². The number of aromatic amines is 1. The maximum absolute atomic E-state index is 13.3. The molecule has 2 heterocycles. The smallest absolute Gasteiger partial charge is 0.325 e. The van der Waals surface area contributed by atoms with Gasteiger partial charge in [0, 0.05) is 43.1 Å². The van der Waals surface area contributed by atoms with Crippen LogP contribution in [0.4, 0.5) is 11.4 Å². The van der Waals surface area contributed by atoms with Crippen LogP contribution < -0.4 is 20.0 Å². The predicted octanol–water partition coefficient (Wildman–Crippen LogP) is 3.99. The van der Waals surface area contributed by atoms with Gasteiger partial charge in [0.1, 0.15) is 0 Å². The molecule has 0 unspecified atom stereocenters. The number of thioether (sulfide) groups is 1. The van der Waals surface area contributed by atoms with Crippen molar-refractivity contribution in [2.75, 3.05) is 29.6 Å². The molecule has 1 aromatic heterocycles. The molecular weight excluding hydrogens is 434 g/mol. The molecule has 7 nitrogen and oxygen atoms in total. The number of rotatable bonds is 7. The van der Waals surface area contributed by atoms with Gasteiger partial charge in [-0.2, -0.15) is 0 Å². The van der Waals surface area contributed by atoms with Crippen LogP contribution in [0.15, 0.2) is 58.5 Å². The van der Waals surface area contributed by atoms with Crippen LogP contribution in [0.5, 0.6) is 0 Å². The number of hydrogen-bond acceptors (Lipinski definition) is 5. The quantitative estimate of drug-likeness (QED) is 0.325. The van der Waals surface area contributed by atoms with Crippen molar-refractivity contribution in [3.8, 4) is 11.3 Å². The summed E-state index contributed by atoms with van der Waals surface area (Å²) in [5, 5.41) is 5.41. The van der Waals surface area contributed by atoms with Gasteiger partial charge in [-0.15, -0.1) is 0 Å². The monoisotopic (exact) mass is 464 g/mol. The molecule has 2 aromatic carbocycles. The van der Waals surface area contributed by atoms with E-state index in [0.29, 0.717) is 22.1 Å². The van der Waals surface area contributed by atoms with Crippen LogP contribution in [-0.4, -0.2) is 35.8 Å². The summed E-state index contributed by atoms with van der Waals surface area (Å²) in [7, 11) is 3.97. The van der Waals surface area contributed by atoms with Crippen LogP contribution in [0.1, 0.15) is 44.8 Å². The van der Waals surface area contributed by atoms with E-state index in [9.17, 15) is 9.59 Å². The number of benzene rings is 2. The number of carbonyl (C=O) groups excluding carboxylic acids is 1. The van der Waals surface area contributed by atoms with Crippen molar-refractivity contribution in [1.82, 2.24) is 10.1 Å². The number of anilines is 2. The summed E-state index contributed by atoms with van der Waals surface area (Å²) in [6, 6.07) is 15.5. The predicted molar refractivity (Wildman–Crippen MR) is 133 cm³/mol. The molecule has 3 aromatic rings. The Morgan fingerprint density at radius 1 is 1.15 bits per heavy atom. The molecule has 0 saturated carbocycles. The van der Waals surface area contributed by atoms with Gasteiger partial charge < -0.3 is 4.90 Å². The Morgan fingerprint density at radius 2 is 1.88 bits per heavy atom. The Kier molecular flexibility index (Phi) is 6.83. The van der Waals surface area contributed by atoms with Crippen LogP contribution in [0.2, 0.25) is 0 Å². The number of para-hydroxylation sites is 1. The zero-order chi connectivity index (χ0) is 23.5. The number of hydrogen-bond donors (Lipinski definition) is 1. The van der Waals surface area contributed by atoms with Crippen molar-refractivity contribution in [3.05, 3.63) is 64.4 Å². The van der Waals surface area contributed by atoms with Crippen LogP contribution in [0, 0.1) is 0 Å². The van der Waals surface area contributed by atoms with Crippen LogP contribution in [0.3, 0.4) is 0 Å². The minimum atomic E-state index is -0.555. The van der Waals surface area contributed by atoms with E-state index in [0.717, 1.165) is 36.3 Å². The Labute approximate surface area is 198 Å². The highest BCUT2D eigenvalue weighted by Gasteiger charge is 2.44. The third-order valence-corrected chi connectivity index (χ3v) is 6.74. The molecule has 0 saturated heterocycles. The number of unbranched alkanes of at least 4 members (excludes halogenated alkanes) is 2. The molecule has 0 bridgehead atoms. The zero-order valence-corrected chi connectivity index (χ0v) is 20.4. The van der Waals surface area contributed by atoms with Crippen LogP contribution in [-0.2, 0) is 4.79 Å². The van der Waals surface area contributed by atoms with Crippen molar-refractivity contribution in [1.29, 1.82) is 0 Å². The molecular formula is C25H30N5O2S+. The highest BCUT2D eigenvalue weighted by atomic mass is 32.2. The van der Waals surface area contributed by atoms with Gasteiger partial charge in [-0.1, -0.05) is 43.7 Å². The second-order valence-electron chi connectivity index (χ2n) is 8.37.